The molecule has 3 aromatic carbocycles. The number of Topliss-reactive ketones (excluding diaryl/α,β-unsaturated/α-hetero) is 1. The lowest BCUT2D eigenvalue weighted by Gasteiger charge is -2.25. The summed E-state index contributed by atoms with van der Waals surface area (Å²) in [7, 11) is 1.55. The van der Waals surface area contributed by atoms with Crippen molar-refractivity contribution >= 4 is 23.1 Å². The Morgan fingerprint density at radius 1 is 1.00 bits per heavy atom. The van der Waals surface area contributed by atoms with Gasteiger partial charge >= 0.3 is 0 Å². The number of ether oxygens (including phenoxy) is 2. The van der Waals surface area contributed by atoms with E-state index in [2.05, 4.69) is 13.8 Å². The molecule has 35 heavy (non-hydrogen) atoms. The van der Waals surface area contributed by atoms with Gasteiger partial charge in [0.15, 0.2) is 0 Å². The Balaban J connectivity index is 1.85. The number of ketones is 1. The van der Waals surface area contributed by atoms with E-state index in [1.54, 1.807) is 67.8 Å². The van der Waals surface area contributed by atoms with E-state index in [0.717, 1.165) is 5.56 Å². The molecular formula is C29H29NO5. The van der Waals surface area contributed by atoms with Crippen LogP contribution in [0.1, 0.15) is 36.6 Å². The third kappa shape index (κ3) is 4.78. The molecule has 1 aliphatic rings. The van der Waals surface area contributed by atoms with Gasteiger partial charge in [-0.2, -0.15) is 0 Å². The molecule has 1 N–H and O–H groups in total. The Kier molecular flexibility index (Phi) is 6.92. The summed E-state index contributed by atoms with van der Waals surface area (Å²) in [6, 6.07) is 20.6. The maximum Gasteiger partial charge on any atom is 0.300 e. The molecule has 0 radical (unpaired) electrons. The van der Waals surface area contributed by atoms with Crippen LogP contribution in [0.25, 0.3) is 5.76 Å². The van der Waals surface area contributed by atoms with Crippen molar-refractivity contribution in [2.45, 2.75) is 26.8 Å². The molecule has 6 heteroatoms. The molecule has 3 aromatic rings. The average Bonchev–Trinajstić information content (AvgIpc) is 3.13. The SMILES string of the molecule is COc1cccc(C2/C(=C(/O)c3ccc(OCC(C)C)c(C)c3)C(=O)C(=O)N2c2ccccc2)c1. The normalized spacial score (nSPS) is 17.2. The van der Waals surface area contributed by atoms with Crippen molar-refractivity contribution in [1.82, 2.24) is 0 Å². The monoisotopic (exact) mass is 471 g/mol. The molecule has 180 valence electrons. The minimum absolute atomic E-state index is 0.0300. The van der Waals surface area contributed by atoms with Crippen LogP contribution in [-0.4, -0.2) is 30.5 Å². The standard InChI is InChI=1S/C29H29NO5/c1-18(2)17-35-24-14-13-21(15-19(24)3)27(31)25-26(20-9-8-12-23(16-20)34-4)30(29(33)28(25)32)22-10-6-5-7-11-22/h5-16,18,26,31H,17H2,1-4H3/b27-25-. The number of amides is 1. The minimum atomic E-state index is -0.815. The van der Waals surface area contributed by atoms with E-state index >= 15 is 0 Å². The predicted octanol–water partition coefficient (Wildman–Crippen LogP) is 5.66. The van der Waals surface area contributed by atoms with E-state index in [4.69, 9.17) is 9.47 Å². The summed E-state index contributed by atoms with van der Waals surface area (Å²) in [5.74, 6) is 0.0107. The topological polar surface area (TPSA) is 76.1 Å². The van der Waals surface area contributed by atoms with Crippen LogP contribution in [-0.2, 0) is 9.59 Å². The molecule has 1 aliphatic heterocycles. The summed E-state index contributed by atoms with van der Waals surface area (Å²) in [5, 5.41) is 11.4. The summed E-state index contributed by atoms with van der Waals surface area (Å²) in [6.45, 7) is 6.60. The van der Waals surface area contributed by atoms with Gasteiger partial charge in [-0.15, -0.1) is 0 Å². The lowest BCUT2D eigenvalue weighted by molar-refractivity contribution is -0.132. The van der Waals surface area contributed by atoms with E-state index in [1.807, 2.05) is 19.1 Å². The lowest BCUT2D eigenvalue weighted by Crippen LogP contribution is -2.29. The number of methoxy groups -OCH3 is 1. The quantitative estimate of drug-likeness (QED) is 0.273. The second kappa shape index (κ2) is 10.1. The summed E-state index contributed by atoms with van der Waals surface area (Å²) < 4.78 is 11.2. The van der Waals surface area contributed by atoms with Gasteiger partial charge in [0.2, 0.25) is 0 Å². The van der Waals surface area contributed by atoms with E-state index in [-0.39, 0.29) is 11.3 Å². The highest BCUT2D eigenvalue weighted by Gasteiger charge is 2.47. The molecule has 1 saturated heterocycles. The molecule has 0 spiro atoms. The predicted molar refractivity (Wildman–Crippen MR) is 136 cm³/mol. The van der Waals surface area contributed by atoms with E-state index in [1.165, 1.54) is 4.90 Å². The van der Waals surface area contributed by atoms with Crippen LogP contribution in [0.5, 0.6) is 11.5 Å². The van der Waals surface area contributed by atoms with Gasteiger partial charge in [0.1, 0.15) is 17.3 Å². The maximum absolute atomic E-state index is 13.3. The Morgan fingerprint density at radius 3 is 2.40 bits per heavy atom. The van der Waals surface area contributed by atoms with Crippen LogP contribution >= 0.6 is 0 Å². The number of aliphatic hydroxyl groups excluding tert-OH is 1. The van der Waals surface area contributed by atoms with Crippen LogP contribution in [0.15, 0.2) is 78.4 Å². The maximum atomic E-state index is 13.3. The first-order valence-corrected chi connectivity index (χ1v) is 11.6. The first-order valence-electron chi connectivity index (χ1n) is 11.6. The second-order valence-electron chi connectivity index (χ2n) is 8.97. The molecule has 4 rings (SSSR count). The number of aryl methyl sites for hydroxylation is 1. The Hall–Kier alpha value is -4.06. The molecular weight excluding hydrogens is 442 g/mol. The zero-order valence-electron chi connectivity index (χ0n) is 20.3. The molecule has 0 saturated carbocycles. The van der Waals surface area contributed by atoms with Crippen molar-refractivity contribution in [3.8, 4) is 11.5 Å². The summed E-state index contributed by atoms with van der Waals surface area (Å²) >= 11 is 0. The average molecular weight is 472 g/mol. The van der Waals surface area contributed by atoms with Crippen LogP contribution in [0.2, 0.25) is 0 Å². The van der Waals surface area contributed by atoms with Gasteiger partial charge in [-0.3, -0.25) is 14.5 Å². The lowest BCUT2D eigenvalue weighted by atomic mass is 9.94. The van der Waals surface area contributed by atoms with Crippen LogP contribution in [0, 0.1) is 12.8 Å². The fourth-order valence-electron chi connectivity index (χ4n) is 4.19. The molecule has 0 aromatic heterocycles. The molecule has 1 atom stereocenters. The Bertz CT molecular complexity index is 1280. The van der Waals surface area contributed by atoms with Gasteiger partial charge in [0.25, 0.3) is 11.7 Å². The summed E-state index contributed by atoms with van der Waals surface area (Å²) in [6.07, 6.45) is 0. The highest BCUT2D eigenvalue weighted by Crippen LogP contribution is 2.43. The van der Waals surface area contributed by atoms with Crippen LogP contribution in [0.4, 0.5) is 5.69 Å². The van der Waals surface area contributed by atoms with E-state index in [0.29, 0.717) is 40.8 Å². The largest absolute Gasteiger partial charge is 0.507 e. The highest BCUT2D eigenvalue weighted by atomic mass is 16.5. The molecule has 0 bridgehead atoms. The fourth-order valence-corrected chi connectivity index (χ4v) is 4.19. The van der Waals surface area contributed by atoms with E-state index in [9.17, 15) is 14.7 Å². The number of carbonyl (C=O) groups is 2. The number of nitrogens with zero attached hydrogens (tertiary/aromatic N) is 1. The minimum Gasteiger partial charge on any atom is -0.507 e. The number of rotatable bonds is 7. The second-order valence-corrected chi connectivity index (χ2v) is 8.97. The first kappa shape index (κ1) is 24.1. The van der Waals surface area contributed by atoms with Crippen LogP contribution in [0.3, 0.4) is 0 Å². The zero-order chi connectivity index (χ0) is 25.1. The first-order chi connectivity index (χ1) is 16.8. The third-order valence-corrected chi connectivity index (χ3v) is 5.91. The molecule has 1 unspecified atom stereocenters. The number of aliphatic hydroxyl groups is 1. The van der Waals surface area contributed by atoms with Crippen molar-refractivity contribution in [2.24, 2.45) is 5.92 Å². The van der Waals surface area contributed by atoms with Gasteiger partial charge in [0, 0.05) is 11.3 Å². The number of carbonyl (C=O) groups excluding carboxylic acids is 2. The van der Waals surface area contributed by atoms with Gasteiger partial charge in [0.05, 0.1) is 25.3 Å². The number of para-hydroxylation sites is 1. The Morgan fingerprint density at radius 2 is 1.74 bits per heavy atom. The van der Waals surface area contributed by atoms with Crippen LogP contribution < -0.4 is 14.4 Å². The molecule has 6 nitrogen and oxygen atoms in total. The van der Waals surface area contributed by atoms with Crippen molar-refractivity contribution in [3.05, 3.63) is 95.1 Å². The number of hydrogen-bond acceptors (Lipinski definition) is 5. The Labute approximate surface area is 205 Å². The number of anilines is 1. The smallest absolute Gasteiger partial charge is 0.300 e. The summed E-state index contributed by atoms with van der Waals surface area (Å²) in [4.78, 5) is 28.0. The van der Waals surface area contributed by atoms with Crippen molar-refractivity contribution in [1.29, 1.82) is 0 Å². The van der Waals surface area contributed by atoms with Gasteiger partial charge in [-0.1, -0.05) is 44.2 Å². The number of benzene rings is 3. The highest BCUT2D eigenvalue weighted by molar-refractivity contribution is 6.51. The van der Waals surface area contributed by atoms with E-state index < -0.39 is 17.7 Å². The molecule has 1 amide bonds. The molecule has 1 fully saturated rings. The fraction of sp³-hybridized carbons (Fsp3) is 0.241. The van der Waals surface area contributed by atoms with Crippen molar-refractivity contribution in [3.63, 3.8) is 0 Å². The molecule has 0 aliphatic carbocycles. The van der Waals surface area contributed by atoms with Gasteiger partial charge < -0.3 is 14.6 Å². The van der Waals surface area contributed by atoms with Gasteiger partial charge in [-0.05, 0) is 66.4 Å². The summed E-state index contributed by atoms with van der Waals surface area (Å²) in [5.41, 5.74) is 2.52. The molecule has 1 heterocycles. The number of hydrogen-bond donors (Lipinski definition) is 1. The third-order valence-electron chi connectivity index (χ3n) is 5.91. The van der Waals surface area contributed by atoms with Gasteiger partial charge in [-0.25, -0.2) is 0 Å². The van der Waals surface area contributed by atoms with Crippen molar-refractivity contribution < 1.29 is 24.2 Å². The zero-order valence-corrected chi connectivity index (χ0v) is 20.3. The van der Waals surface area contributed by atoms with Crippen molar-refractivity contribution in [2.75, 3.05) is 18.6 Å².